The molecule has 4 saturated carbocycles. The summed E-state index contributed by atoms with van der Waals surface area (Å²) in [7, 11) is 1.71. The van der Waals surface area contributed by atoms with Crippen molar-refractivity contribution in [1.82, 2.24) is 19.2 Å². The largest absolute Gasteiger partial charge is 0.350 e. The lowest BCUT2D eigenvalue weighted by Crippen LogP contribution is -2.56. The molecule has 6 nitrogen and oxygen atoms in total. The molecule has 1 amide bonds. The second-order valence-electron chi connectivity index (χ2n) is 10.7. The van der Waals surface area contributed by atoms with Gasteiger partial charge in [0, 0.05) is 26.1 Å². The maximum Gasteiger partial charge on any atom is 0.350 e. The molecular weight excluding hydrogens is 388 g/mol. The van der Waals surface area contributed by atoms with Crippen LogP contribution in [0.2, 0.25) is 0 Å². The molecule has 6 heteroatoms. The molecule has 1 unspecified atom stereocenters. The number of hydrogen-bond acceptors (Lipinski definition) is 3. The van der Waals surface area contributed by atoms with Crippen molar-refractivity contribution in [2.75, 3.05) is 13.1 Å². The molecule has 1 saturated heterocycles. The average molecular weight is 421 g/mol. The summed E-state index contributed by atoms with van der Waals surface area (Å²) in [6, 6.07) is 9.75. The highest BCUT2D eigenvalue weighted by Gasteiger charge is 2.55. The summed E-state index contributed by atoms with van der Waals surface area (Å²) in [5.74, 6) is 3.61. The third-order valence-corrected chi connectivity index (χ3v) is 8.53. The summed E-state index contributed by atoms with van der Waals surface area (Å²) in [5, 5.41) is 4.63. The van der Waals surface area contributed by atoms with E-state index in [1.165, 1.54) is 23.9 Å². The zero-order chi connectivity index (χ0) is 21.2. The van der Waals surface area contributed by atoms with Gasteiger partial charge in [-0.25, -0.2) is 14.0 Å². The molecule has 164 valence electrons. The van der Waals surface area contributed by atoms with Crippen molar-refractivity contribution in [1.29, 1.82) is 0 Å². The van der Waals surface area contributed by atoms with Gasteiger partial charge in [-0.3, -0.25) is 4.79 Å². The van der Waals surface area contributed by atoms with Crippen LogP contribution in [0, 0.1) is 23.2 Å². The molecule has 31 heavy (non-hydrogen) atoms. The number of benzene rings is 1. The third kappa shape index (κ3) is 3.09. The van der Waals surface area contributed by atoms with E-state index in [1.54, 1.807) is 11.6 Å². The molecule has 1 aliphatic heterocycles. The molecular formula is C25H32N4O2. The molecule has 0 N–H and O–H groups in total. The smallest absolute Gasteiger partial charge is 0.341 e. The second-order valence-corrected chi connectivity index (χ2v) is 10.7. The van der Waals surface area contributed by atoms with Gasteiger partial charge in [0.2, 0.25) is 5.91 Å². The fourth-order valence-electron chi connectivity index (χ4n) is 7.65. The lowest BCUT2D eigenvalue weighted by molar-refractivity contribution is -0.159. The van der Waals surface area contributed by atoms with Crippen molar-refractivity contribution in [2.24, 2.45) is 30.2 Å². The number of piperidine rings is 1. The molecule has 1 aromatic carbocycles. The first-order valence-electron chi connectivity index (χ1n) is 12.0. The van der Waals surface area contributed by atoms with Gasteiger partial charge in [-0.1, -0.05) is 18.2 Å². The molecule has 0 radical (unpaired) electrons. The van der Waals surface area contributed by atoms with Crippen LogP contribution in [-0.4, -0.2) is 38.2 Å². The van der Waals surface area contributed by atoms with E-state index in [0.29, 0.717) is 12.5 Å². The standard InChI is InChI=1S/C25H32N4O2/c1-27-24(31)29(21-7-3-2-4-8-21)22(26-27)20-6-5-9-28(16-20)23(30)25-13-17-10-18(14-25)12-19(11-17)15-25/h2-4,7-8,17-20H,5-6,9-16H2,1H3. The van der Waals surface area contributed by atoms with E-state index in [-0.39, 0.29) is 17.0 Å². The van der Waals surface area contributed by atoms with Crippen molar-refractivity contribution in [3.63, 3.8) is 0 Å². The van der Waals surface area contributed by atoms with Gasteiger partial charge in [0.1, 0.15) is 5.82 Å². The third-order valence-electron chi connectivity index (χ3n) is 8.53. The van der Waals surface area contributed by atoms with E-state index in [4.69, 9.17) is 0 Å². The zero-order valence-electron chi connectivity index (χ0n) is 18.4. The Labute approximate surface area is 183 Å². The minimum atomic E-state index is -0.120. The minimum absolute atomic E-state index is 0.0974. The number of nitrogens with zero attached hydrogens (tertiary/aromatic N) is 4. The fourth-order valence-corrected chi connectivity index (χ4v) is 7.65. The maximum absolute atomic E-state index is 13.9. The highest BCUT2D eigenvalue weighted by Crippen LogP contribution is 2.60. The van der Waals surface area contributed by atoms with Gasteiger partial charge in [0.05, 0.1) is 11.1 Å². The summed E-state index contributed by atoms with van der Waals surface area (Å²) in [4.78, 5) is 28.9. The number of carbonyl (C=O) groups is 1. The predicted octanol–water partition coefficient (Wildman–Crippen LogP) is 3.49. The molecule has 4 bridgehead atoms. The summed E-state index contributed by atoms with van der Waals surface area (Å²) < 4.78 is 3.17. The zero-order valence-corrected chi connectivity index (χ0v) is 18.4. The topological polar surface area (TPSA) is 60.1 Å². The van der Waals surface area contributed by atoms with Crippen molar-refractivity contribution in [3.8, 4) is 5.69 Å². The number of rotatable bonds is 3. The number of carbonyl (C=O) groups excluding carboxylic acids is 1. The Morgan fingerprint density at radius 1 is 1.03 bits per heavy atom. The van der Waals surface area contributed by atoms with E-state index in [1.807, 2.05) is 30.3 Å². The minimum Gasteiger partial charge on any atom is -0.341 e. The number of aryl methyl sites for hydroxylation is 1. The van der Waals surface area contributed by atoms with Gasteiger partial charge < -0.3 is 4.90 Å². The van der Waals surface area contributed by atoms with Crippen LogP contribution in [0.25, 0.3) is 5.69 Å². The van der Waals surface area contributed by atoms with Gasteiger partial charge in [-0.2, -0.15) is 5.10 Å². The molecule has 1 atom stereocenters. The van der Waals surface area contributed by atoms with Crippen molar-refractivity contribution in [3.05, 3.63) is 46.6 Å². The molecule has 1 aromatic heterocycles. The monoisotopic (exact) mass is 420 g/mol. The summed E-state index contributed by atoms with van der Waals surface area (Å²) in [6.07, 6.45) is 9.33. The highest BCUT2D eigenvalue weighted by atomic mass is 16.2. The van der Waals surface area contributed by atoms with Gasteiger partial charge in [0.15, 0.2) is 0 Å². The first kappa shape index (κ1) is 19.3. The second kappa shape index (κ2) is 7.07. The number of amides is 1. The van der Waals surface area contributed by atoms with Gasteiger partial charge in [-0.15, -0.1) is 0 Å². The van der Waals surface area contributed by atoms with Gasteiger partial charge in [0.25, 0.3) is 0 Å². The van der Waals surface area contributed by atoms with E-state index < -0.39 is 0 Å². The van der Waals surface area contributed by atoms with E-state index in [9.17, 15) is 9.59 Å². The molecule has 2 heterocycles. The van der Waals surface area contributed by atoms with Crippen molar-refractivity contribution >= 4 is 5.91 Å². The van der Waals surface area contributed by atoms with Gasteiger partial charge in [-0.05, 0) is 81.3 Å². The maximum atomic E-state index is 13.9. The summed E-state index contributed by atoms with van der Waals surface area (Å²) in [5.41, 5.74) is 0.630. The highest BCUT2D eigenvalue weighted by molar-refractivity contribution is 5.83. The summed E-state index contributed by atoms with van der Waals surface area (Å²) >= 11 is 0. The first-order valence-corrected chi connectivity index (χ1v) is 12.0. The Morgan fingerprint density at radius 3 is 2.32 bits per heavy atom. The molecule has 5 aliphatic rings. The Morgan fingerprint density at radius 2 is 1.68 bits per heavy atom. The van der Waals surface area contributed by atoms with Crippen molar-refractivity contribution in [2.45, 2.75) is 57.3 Å². The first-order chi connectivity index (χ1) is 15.0. The lowest BCUT2D eigenvalue weighted by Gasteiger charge is -2.57. The molecule has 4 aliphatic carbocycles. The number of hydrogen-bond donors (Lipinski definition) is 0. The van der Waals surface area contributed by atoms with Crippen molar-refractivity contribution < 1.29 is 4.79 Å². The Hall–Kier alpha value is -2.37. The fraction of sp³-hybridized carbons (Fsp3) is 0.640. The van der Waals surface area contributed by atoms with Crippen LogP contribution < -0.4 is 5.69 Å². The van der Waals surface area contributed by atoms with Crippen LogP contribution in [0.3, 0.4) is 0 Å². The number of aromatic nitrogens is 3. The van der Waals surface area contributed by atoms with Crippen LogP contribution in [0.4, 0.5) is 0 Å². The number of likely N-dealkylation sites (tertiary alicyclic amines) is 1. The van der Waals surface area contributed by atoms with Crippen LogP contribution in [0.15, 0.2) is 35.1 Å². The van der Waals surface area contributed by atoms with E-state index in [0.717, 1.165) is 67.9 Å². The van der Waals surface area contributed by atoms with Crippen LogP contribution in [0.1, 0.15) is 63.1 Å². The number of para-hydroxylation sites is 1. The van der Waals surface area contributed by atoms with E-state index in [2.05, 4.69) is 10.00 Å². The predicted molar refractivity (Wildman–Crippen MR) is 118 cm³/mol. The average Bonchev–Trinajstić information content (AvgIpc) is 3.07. The Bertz CT molecular complexity index is 1020. The molecule has 5 fully saturated rings. The Kier molecular flexibility index (Phi) is 4.41. The van der Waals surface area contributed by atoms with Crippen LogP contribution in [-0.2, 0) is 11.8 Å². The normalized spacial score (nSPS) is 34.3. The van der Waals surface area contributed by atoms with Crippen LogP contribution in [0.5, 0.6) is 0 Å². The van der Waals surface area contributed by atoms with Gasteiger partial charge >= 0.3 is 5.69 Å². The summed E-state index contributed by atoms with van der Waals surface area (Å²) in [6.45, 7) is 1.53. The Balaban J connectivity index is 1.29. The molecule has 0 spiro atoms. The lowest BCUT2D eigenvalue weighted by atomic mass is 9.49. The van der Waals surface area contributed by atoms with E-state index >= 15 is 0 Å². The quantitative estimate of drug-likeness (QED) is 0.764. The van der Waals surface area contributed by atoms with Crippen LogP contribution >= 0.6 is 0 Å². The molecule has 7 rings (SSSR count). The SMILES string of the molecule is Cn1nc(C2CCCN(C(=O)C34CC5CC(CC(C5)C3)C4)C2)n(-c2ccccc2)c1=O. The molecule has 2 aromatic rings.